The number of hydrogen-bond acceptors (Lipinski definition) is 6. The quantitative estimate of drug-likeness (QED) is 0.154. The molecule has 0 spiro atoms. The molecule has 0 aliphatic rings. The van der Waals surface area contributed by atoms with E-state index in [1.54, 1.807) is 50.6 Å². The van der Waals surface area contributed by atoms with Crippen LogP contribution in [0.4, 0.5) is 0 Å². The van der Waals surface area contributed by atoms with E-state index in [1.807, 2.05) is 24.3 Å². The van der Waals surface area contributed by atoms with E-state index < -0.39 is 11.3 Å². The van der Waals surface area contributed by atoms with Crippen molar-refractivity contribution in [1.29, 1.82) is 0 Å². The second kappa shape index (κ2) is 8.50. The van der Waals surface area contributed by atoms with Gasteiger partial charge in [-0.25, -0.2) is 9.59 Å². The molecule has 0 N–H and O–H groups in total. The lowest BCUT2D eigenvalue weighted by molar-refractivity contribution is 0.415. The highest BCUT2D eigenvalue weighted by atomic mass is 79.9. The molecule has 0 unspecified atom stereocenters. The highest BCUT2D eigenvalue weighted by molar-refractivity contribution is 9.11. The number of benzene rings is 4. The summed E-state index contributed by atoms with van der Waals surface area (Å²) in [5.41, 5.74) is 1.99. The molecule has 0 aliphatic carbocycles. The van der Waals surface area contributed by atoms with Crippen molar-refractivity contribution in [2.45, 2.75) is 0 Å². The van der Waals surface area contributed by atoms with Crippen LogP contribution in [0.15, 0.2) is 88.0 Å². The fraction of sp³-hybridized carbons (Fsp3) is 0.0714. The first kappa shape index (κ1) is 22.8. The smallest absolute Gasteiger partial charge is 0.344 e. The van der Waals surface area contributed by atoms with Gasteiger partial charge in [0.1, 0.15) is 11.5 Å². The minimum atomic E-state index is -0.476. The topological polar surface area (TPSA) is 78.9 Å². The van der Waals surface area contributed by atoms with Gasteiger partial charge in [0, 0.05) is 21.5 Å². The fourth-order valence-corrected chi connectivity index (χ4v) is 5.69. The molecule has 0 aliphatic heterocycles. The summed E-state index contributed by atoms with van der Waals surface area (Å²) < 4.78 is 23.3. The Bertz CT molecular complexity index is 1760. The van der Waals surface area contributed by atoms with E-state index in [0.29, 0.717) is 75.4 Å². The normalized spacial score (nSPS) is 11.6. The molecule has 0 amide bonds. The predicted molar refractivity (Wildman–Crippen MR) is 147 cm³/mol. The SMILES string of the molecule is COc1ccc(-c2c(=O)oc3c(Br)cc4c(-c5ccc(OC)cc5)c(=O)oc5c(Br)cc2c3c45)cc1. The Hall–Kier alpha value is -3.62. The molecule has 0 saturated heterocycles. The van der Waals surface area contributed by atoms with Crippen molar-refractivity contribution in [1.82, 2.24) is 0 Å². The first-order valence-corrected chi connectivity index (χ1v) is 12.5. The third-order valence-electron chi connectivity index (χ3n) is 6.31. The van der Waals surface area contributed by atoms with Gasteiger partial charge in [0.05, 0.1) is 34.3 Å². The van der Waals surface area contributed by atoms with Gasteiger partial charge in [-0.05, 0) is 79.4 Å². The number of hydrogen-bond donors (Lipinski definition) is 0. The van der Waals surface area contributed by atoms with Crippen LogP contribution in [0.1, 0.15) is 0 Å². The van der Waals surface area contributed by atoms with Crippen molar-refractivity contribution in [2.24, 2.45) is 0 Å². The van der Waals surface area contributed by atoms with Gasteiger partial charge in [-0.15, -0.1) is 0 Å². The Morgan fingerprint density at radius 1 is 0.611 bits per heavy atom. The highest BCUT2D eigenvalue weighted by Gasteiger charge is 2.25. The van der Waals surface area contributed by atoms with Crippen LogP contribution in [-0.4, -0.2) is 14.2 Å². The maximum Gasteiger partial charge on any atom is 0.344 e. The standard InChI is InChI=1S/C28H16Br2O6/c1-33-15-7-3-13(4-8-15)21-17-11-19(29)26-24-18(12-20(30)25(23(17)24)35-27(21)31)22(28(32)36-26)14-5-9-16(34-2)10-6-14/h3-12H,1-2H3. The molecular formula is C28H16Br2O6. The van der Waals surface area contributed by atoms with Crippen LogP contribution < -0.4 is 20.7 Å². The Kier molecular flexibility index (Phi) is 5.39. The number of halogens is 2. The van der Waals surface area contributed by atoms with Gasteiger partial charge < -0.3 is 18.3 Å². The van der Waals surface area contributed by atoms with E-state index >= 15 is 0 Å². The number of ether oxygens (including phenoxy) is 2. The molecule has 6 aromatic rings. The van der Waals surface area contributed by atoms with Crippen LogP contribution in [0.3, 0.4) is 0 Å². The fourth-order valence-electron chi connectivity index (χ4n) is 4.67. The molecular weight excluding hydrogens is 592 g/mol. The lowest BCUT2D eigenvalue weighted by atomic mass is 9.92. The second-order valence-corrected chi connectivity index (χ2v) is 9.91. The summed E-state index contributed by atoms with van der Waals surface area (Å²) in [5, 5.41) is 2.71. The van der Waals surface area contributed by atoms with E-state index in [0.717, 1.165) is 0 Å². The summed E-state index contributed by atoms with van der Waals surface area (Å²) in [6.45, 7) is 0. The Morgan fingerprint density at radius 2 is 0.972 bits per heavy atom. The molecule has 0 radical (unpaired) electrons. The van der Waals surface area contributed by atoms with Crippen LogP contribution in [0.5, 0.6) is 11.5 Å². The van der Waals surface area contributed by atoms with Crippen molar-refractivity contribution in [2.75, 3.05) is 14.2 Å². The second-order valence-electron chi connectivity index (χ2n) is 8.21. The highest BCUT2D eigenvalue weighted by Crippen LogP contribution is 2.45. The maximum absolute atomic E-state index is 13.2. The van der Waals surface area contributed by atoms with Gasteiger partial charge in [0.15, 0.2) is 11.2 Å². The number of rotatable bonds is 4. The largest absolute Gasteiger partial charge is 0.497 e. The van der Waals surface area contributed by atoms with Crippen LogP contribution in [0.2, 0.25) is 0 Å². The molecule has 0 atom stereocenters. The summed E-state index contributed by atoms with van der Waals surface area (Å²) in [6, 6.07) is 18.0. The Morgan fingerprint density at radius 3 is 1.31 bits per heavy atom. The van der Waals surface area contributed by atoms with Gasteiger partial charge >= 0.3 is 11.3 Å². The van der Waals surface area contributed by atoms with Crippen molar-refractivity contribution in [3.05, 3.63) is 90.4 Å². The Balaban J connectivity index is 1.78. The van der Waals surface area contributed by atoms with Gasteiger partial charge in [0.25, 0.3) is 0 Å². The van der Waals surface area contributed by atoms with Gasteiger partial charge in [-0.3, -0.25) is 0 Å². The van der Waals surface area contributed by atoms with Crippen molar-refractivity contribution in [3.8, 4) is 33.8 Å². The molecule has 8 heteroatoms. The van der Waals surface area contributed by atoms with E-state index in [9.17, 15) is 9.59 Å². The lowest BCUT2D eigenvalue weighted by Gasteiger charge is -2.16. The molecule has 0 bridgehead atoms. The van der Waals surface area contributed by atoms with Crippen LogP contribution in [-0.2, 0) is 0 Å². The average molecular weight is 608 g/mol. The minimum absolute atomic E-state index is 0.381. The molecule has 6 nitrogen and oxygen atoms in total. The van der Waals surface area contributed by atoms with Gasteiger partial charge in [-0.1, -0.05) is 24.3 Å². The molecule has 178 valence electrons. The van der Waals surface area contributed by atoms with E-state index in [4.69, 9.17) is 18.3 Å². The lowest BCUT2D eigenvalue weighted by Crippen LogP contribution is -2.08. The Labute approximate surface area is 220 Å². The zero-order valence-corrected chi connectivity index (χ0v) is 22.2. The summed E-state index contributed by atoms with van der Waals surface area (Å²) in [6.07, 6.45) is 0. The summed E-state index contributed by atoms with van der Waals surface area (Å²) in [5.74, 6) is 1.35. The third kappa shape index (κ3) is 3.36. The molecule has 2 heterocycles. The monoisotopic (exact) mass is 606 g/mol. The summed E-state index contributed by atoms with van der Waals surface area (Å²) in [7, 11) is 3.17. The van der Waals surface area contributed by atoms with Crippen LogP contribution in [0.25, 0.3) is 55.0 Å². The maximum atomic E-state index is 13.2. The van der Waals surface area contributed by atoms with Gasteiger partial charge in [-0.2, -0.15) is 0 Å². The van der Waals surface area contributed by atoms with Crippen molar-refractivity contribution in [3.63, 3.8) is 0 Å². The first-order chi connectivity index (χ1) is 17.4. The van der Waals surface area contributed by atoms with E-state index in [2.05, 4.69) is 31.9 Å². The molecule has 0 saturated carbocycles. The predicted octanol–water partition coefficient (Wildman–Crippen LogP) is 7.37. The first-order valence-electron chi connectivity index (χ1n) is 10.9. The van der Waals surface area contributed by atoms with Crippen molar-refractivity contribution >= 4 is 64.6 Å². The number of methoxy groups -OCH3 is 2. The molecule has 36 heavy (non-hydrogen) atoms. The molecule has 4 aromatic carbocycles. The summed E-state index contributed by atoms with van der Waals surface area (Å²) >= 11 is 7.14. The summed E-state index contributed by atoms with van der Waals surface area (Å²) in [4.78, 5) is 26.5. The molecule has 0 fully saturated rings. The third-order valence-corrected chi connectivity index (χ3v) is 7.49. The van der Waals surface area contributed by atoms with Crippen LogP contribution >= 0.6 is 31.9 Å². The van der Waals surface area contributed by atoms with Crippen LogP contribution in [0, 0.1) is 0 Å². The van der Waals surface area contributed by atoms with E-state index in [1.165, 1.54) is 0 Å². The van der Waals surface area contributed by atoms with Crippen molar-refractivity contribution < 1.29 is 18.3 Å². The van der Waals surface area contributed by atoms with Gasteiger partial charge in [0.2, 0.25) is 0 Å². The minimum Gasteiger partial charge on any atom is -0.497 e. The molecule has 2 aromatic heterocycles. The molecule has 6 rings (SSSR count). The zero-order valence-electron chi connectivity index (χ0n) is 19.0. The zero-order chi connectivity index (χ0) is 25.1. The van der Waals surface area contributed by atoms with E-state index in [-0.39, 0.29) is 0 Å². The average Bonchev–Trinajstić information content (AvgIpc) is 2.88.